The van der Waals surface area contributed by atoms with Crippen molar-refractivity contribution < 1.29 is 9.13 Å². The largest absolute Gasteiger partial charge is 0.496 e. The van der Waals surface area contributed by atoms with Crippen LogP contribution in [0.3, 0.4) is 0 Å². The van der Waals surface area contributed by atoms with E-state index in [1.54, 1.807) is 23.9 Å². The van der Waals surface area contributed by atoms with E-state index in [0.29, 0.717) is 16.5 Å². The van der Waals surface area contributed by atoms with Crippen molar-refractivity contribution in [1.29, 1.82) is 0 Å². The third kappa shape index (κ3) is 1.94. The molecule has 24 heavy (non-hydrogen) atoms. The quantitative estimate of drug-likeness (QED) is 0.565. The summed E-state index contributed by atoms with van der Waals surface area (Å²) >= 11 is 0. The van der Waals surface area contributed by atoms with Crippen LogP contribution in [-0.4, -0.2) is 16.5 Å². The van der Waals surface area contributed by atoms with Gasteiger partial charge in [0.25, 0.3) is 5.56 Å². The smallest absolute Gasteiger partial charge is 0.274 e. The van der Waals surface area contributed by atoms with Gasteiger partial charge in [0.2, 0.25) is 0 Å². The Morgan fingerprint density at radius 1 is 0.958 bits per heavy atom. The van der Waals surface area contributed by atoms with Gasteiger partial charge in [-0.2, -0.15) is 0 Å². The molecule has 0 bridgehead atoms. The molecule has 4 nitrogen and oxygen atoms in total. The molecule has 4 aromatic rings. The van der Waals surface area contributed by atoms with Gasteiger partial charge in [0.05, 0.1) is 23.7 Å². The minimum Gasteiger partial charge on any atom is -0.496 e. The maximum atomic E-state index is 13.7. The van der Waals surface area contributed by atoms with Gasteiger partial charge in [-0.3, -0.25) is 4.79 Å². The standard InChI is InChI=1S/C19H15FN2O2/c1-21-19(23)16-11-17(24-2)15-10-12(20)8-9-14(15)18(16)22(21)13-6-4-3-5-7-13/h3-11H,1-2H3. The predicted molar refractivity (Wildman–Crippen MR) is 92.5 cm³/mol. The number of nitrogens with zero attached hydrogens (tertiary/aromatic N) is 2. The molecule has 0 aliphatic rings. The topological polar surface area (TPSA) is 36.2 Å². The third-order valence-electron chi connectivity index (χ3n) is 4.29. The van der Waals surface area contributed by atoms with Crippen LogP contribution in [0.4, 0.5) is 4.39 Å². The van der Waals surface area contributed by atoms with Crippen molar-refractivity contribution in [3.63, 3.8) is 0 Å². The summed E-state index contributed by atoms with van der Waals surface area (Å²) in [5, 5.41) is 1.95. The van der Waals surface area contributed by atoms with E-state index in [2.05, 4.69) is 0 Å². The molecule has 5 heteroatoms. The van der Waals surface area contributed by atoms with Crippen LogP contribution in [0.5, 0.6) is 5.75 Å². The van der Waals surface area contributed by atoms with Gasteiger partial charge in [0.15, 0.2) is 0 Å². The molecular formula is C19H15FN2O2. The zero-order valence-corrected chi connectivity index (χ0v) is 13.3. The van der Waals surface area contributed by atoms with Gasteiger partial charge in [0.1, 0.15) is 11.6 Å². The van der Waals surface area contributed by atoms with Crippen LogP contribution in [0.25, 0.3) is 27.4 Å². The van der Waals surface area contributed by atoms with E-state index in [4.69, 9.17) is 4.74 Å². The van der Waals surface area contributed by atoms with Crippen molar-refractivity contribution in [2.24, 2.45) is 7.05 Å². The van der Waals surface area contributed by atoms with Gasteiger partial charge in [-0.05, 0) is 36.4 Å². The fourth-order valence-corrected chi connectivity index (χ4v) is 3.20. The Morgan fingerprint density at radius 3 is 2.42 bits per heavy atom. The van der Waals surface area contributed by atoms with Crippen LogP contribution in [0.15, 0.2) is 59.4 Å². The van der Waals surface area contributed by atoms with Gasteiger partial charge in [-0.25, -0.2) is 13.8 Å². The summed E-state index contributed by atoms with van der Waals surface area (Å²) in [7, 11) is 3.24. The number of fused-ring (bicyclic) bond motifs is 3. The fraction of sp³-hybridized carbons (Fsp3) is 0.105. The van der Waals surface area contributed by atoms with Crippen LogP contribution in [0, 0.1) is 5.82 Å². The molecule has 0 fully saturated rings. The van der Waals surface area contributed by atoms with Gasteiger partial charge in [-0.15, -0.1) is 0 Å². The van der Waals surface area contributed by atoms with Gasteiger partial charge >= 0.3 is 0 Å². The number of ether oxygens (including phenoxy) is 1. The van der Waals surface area contributed by atoms with Crippen molar-refractivity contribution in [2.75, 3.05) is 7.11 Å². The molecule has 0 unspecified atom stereocenters. The maximum Gasteiger partial charge on any atom is 0.274 e. The molecule has 0 aliphatic heterocycles. The summed E-state index contributed by atoms with van der Waals surface area (Å²) in [5.74, 6) is 0.143. The molecule has 0 saturated heterocycles. The number of aromatic nitrogens is 2. The monoisotopic (exact) mass is 322 g/mol. The van der Waals surface area contributed by atoms with Crippen LogP contribution in [0.1, 0.15) is 0 Å². The summed E-state index contributed by atoms with van der Waals surface area (Å²) in [5.41, 5.74) is 1.48. The van der Waals surface area contributed by atoms with Gasteiger partial charge in [-0.1, -0.05) is 18.2 Å². The van der Waals surface area contributed by atoms with Crippen molar-refractivity contribution in [3.8, 4) is 11.4 Å². The molecule has 4 rings (SSSR count). The summed E-state index contributed by atoms with van der Waals surface area (Å²) in [6.07, 6.45) is 0. The minimum atomic E-state index is -0.343. The van der Waals surface area contributed by atoms with Crippen LogP contribution in [0.2, 0.25) is 0 Å². The van der Waals surface area contributed by atoms with E-state index in [1.165, 1.54) is 19.2 Å². The van der Waals surface area contributed by atoms with Crippen LogP contribution in [-0.2, 0) is 7.05 Å². The van der Waals surface area contributed by atoms with E-state index in [0.717, 1.165) is 16.6 Å². The first-order chi connectivity index (χ1) is 11.6. The summed E-state index contributed by atoms with van der Waals surface area (Å²) < 4.78 is 22.5. The number of methoxy groups -OCH3 is 1. The molecule has 1 heterocycles. The Morgan fingerprint density at radius 2 is 1.71 bits per heavy atom. The molecule has 0 N–H and O–H groups in total. The second-order valence-corrected chi connectivity index (χ2v) is 5.64. The van der Waals surface area contributed by atoms with E-state index in [1.807, 2.05) is 35.0 Å². The lowest BCUT2D eigenvalue weighted by Crippen LogP contribution is -2.17. The van der Waals surface area contributed by atoms with E-state index in [9.17, 15) is 9.18 Å². The Bertz CT molecular complexity index is 1130. The molecule has 0 spiro atoms. The first-order valence-electron chi connectivity index (χ1n) is 7.55. The van der Waals surface area contributed by atoms with E-state index >= 15 is 0 Å². The average Bonchev–Trinajstić information content (AvgIpc) is 2.86. The average molecular weight is 322 g/mol. The van der Waals surface area contributed by atoms with Crippen molar-refractivity contribution in [2.45, 2.75) is 0 Å². The minimum absolute atomic E-state index is 0.127. The highest BCUT2D eigenvalue weighted by atomic mass is 19.1. The Kier molecular flexibility index (Phi) is 3.16. The zero-order chi connectivity index (χ0) is 16.8. The molecule has 0 saturated carbocycles. The fourth-order valence-electron chi connectivity index (χ4n) is 3.20. The Balaban J connectivity index is 2.27. The SMILES string of the molecule is COc1cc2c(=O)n(C)n(-c3ccccc3)c2c2ccc(F)cc12. The highest BCUT2D eigenvalue weighted by Crippen LogP contribution is 2.34. The number of rotatable bonds is 2. The molecule has 0 aliphatic carbocycles. The first kappa shape index (κ1) is 14.5. The normalized spacial score (nSPS) is 11.3. The lowest BCUT2D eigenvalue weighted by Gasteiger charge is -2.12. The second kappa shape index (κ2) is 5.23. The first-order valence-corrected chi connectivity index (χ1v) is 7.55. The number of para-hydroxylation sites is 1. The predicted octanol–water partition coefficient (Wildman–Crippen LogP) is 3.63. The molecule has 0 atom stereocenters. The maximum absolute atomic E-state index is 13.7. The Labute approximate surface area is 137 Å². The Hall–Kier alpha value is -3.08. The second-order valence-electron chi connectivity index (χ2n) is 5.64. The molecular weight excluding hydrogens is 307 g/mol. The van der Waals surface area contributed by atoms with Crippen molar-refractivity contribution >= 4 is 21.7 Å². The molecule has 3 aromatic carbocycles. The summed E-state index contributed by atoms with van der Waals surface area (Å²) in [4.78, 5) is 12.7. The van der Waals surface area contributed by atoms with E-state index < -0.39 is 0 Å². The lowest BCUT2D eigenvalue weighted by atomic mass is 10.1. The lowest BCUT2D eigenvalue weighted by molar-refractivity contribution is 0.420. The number of hydrogen-bond donors (Lipinski definition) is 0. The molecule has 1 aromatic heterocycles. The third-order valence-corrected chi connectivity index (χ3v) is 4.29. The van der Waals surface area contributed by atoms with Crippen molar-refractivity contribution in [1.82, 2.24) is 9.36 Å². The molecule has 0 radical (unpaired) electrons. The van der Waals surface area contributed by atoms with Gasteiger partial charge in [0, 0.05) is 17.8 Å². The number of halogens is 1. The molecule has 120 valence electrons. The summed E-state index contributed by atoms with van der Waals surface area (Å²) in [6.45, 7) is 0. The zero-order valence-electron chi connectivity index (χ0n) is 13.3. The van der Waals surface area contributed by atoms with Gasteiger partial charge < -0.3 is 4.74 Å². The number of benzene rings is 3. The highest BCUT2D eigenvalue weighted by molar-refractivity contribution is 6.09. The van der Waals surface area contributed by atoms with E-state index in [-0.39, 0.29) is 11.4 Å². The summed E-state index contributed by atoms with van der Waals surface area (Å²) in [6, 6.07) is 15.8. The molecule has 0 amide bonds. The van der Waals surface area contributed by atoms with Crippen molar-refractivity contribution in [3.05, 3.63) is 70.8 Å². The van der Waals surface area contributed by atoms with Crippen LogP contribution < -0.4 is 10.3 Å². The van der Waals surface area contributed by atoms with Crippen LogP contribution >= 0.6 is 0 Å². The highest BCUT2D eigenvalue weighted by Gasteiger charge is 2.18. The number of hydrogen-bond acceptors (Lipinski definition) is 2.